The van der Waals surface area contributed by atoms with Gasteiger partial charge in [0.1, 0.15) is 17.9 Å². The Morgan fingerprint density at radius 1 is 1.27 bits per heavy atom. The molecule has 2 heterocycles. The van der Waals surface area contributed by atoms with Crippen molar-refractivity contribution in [2.24, 2.45) is 4.99 Å². The zero-order chi connectivity index (χ0) is 29.0. The fraction of sp³-hybridized carbons (Fsp3) is 0.310. The van der Waals surface area contributed by atoms with Crippen LogP contribution in [0, 0.1) is 14.9 Å². The number of hydrogen-bond donors (Lipinski definition) is 0. The van der Waals surface area contributed by atoms with E-state index in [1.54, 1.807) is 26.0 Å². The van der Waals surface area contributed by atoms with E-state index in [2.05, 4.69) is 27.6 Å². The fourth-order valence-corrected chi connectivity index (χ4v) is 6.06. The molecule has 11 heteroatoms. The van der Waals surface area contributed by atoms with Crippen LogP contribution in [0.4, 0.5) is 0 Å². The number of rotatable bonds is 9. The predicted octanol–water partition coefficient (Wildman–Crippen LogP) is 4.10. The highest BCUT2D eigenvalue weighted by Gasteiger charge is 2.35. The van der Waals surface area contributed by atoms with Crippen molar-refractivity contribution in [3.8, 4) is 23.3 Å². The highest BCUT2D eigenvalue weighted by molar-refractivity contribution is 14.1. The quantitative estimate of drug-likeness (QED) is 0.249. The summed E-state index contributed by atoms with van der Waals surface area (Å²) in [6.45, 7) is 7.29. The fourth-order valence-electron chi connectivity index (χ4n) is 4.40. The molecule has 0 bridgehead atoms. The Morgan fingerprint density at radius 3 is 2.70 bits per heavy atom. The van der Waals surface area contributed by atoms with Crippen molar-refractivity contribution in [3.05, 3.63) is 82.1 Å². The normalized spacial score (nSPS) is 14.8. The molecule has 1 aliphatic heterocycles. The molecule has 40 heavy (non-hydrogen) atoms. The van der Waals surface area contributed by atoms with Gasteiger partial charge in [-0.2, -0.15) is 5.26 Å². The van der Waals surface area contributed by atoms with Crippen LogP contribution in [0.3, 0.4) is 0 Å². The number of aromatic nitrogens is 1. The summed E-state index contributed by atoms with van der Waals surface area (Å²) in [4.78, 5) is 32.4. The van der Waals surface area contributed by atoms with E-state index < -0.39 is 12.0 Å². The van der Waals surface area contributed by atoms with Crippen LogP contribution in [-0.2, 0) is 9.53 Å². The molecule has 1 aliphatic rings. The minimum Gasteiger partial charge on any atom is -0.493 e. The number of carbonyl (C=O) groups excluding carboxylic acids is 1. The number of esters is 1. The molecule has 0 unspecified atom stereocenters. The van der Waals surface area contributed by atoms with E-state index in [0.717, 1.165) is 3.57 Å². The Hall–Kier alpha value is -3.63. The Morgan fingerprint density at radius 2 is 2.02 bits per heavy atom. The number of ether oxygens (including phenoxy) is 4. The third-order valence-electron chi connectivity index (χ3n) is 5.93. The van der Waals surface area contributed by atoms with Gasteiger partial charge in [-0.3, -0.25) is 9.36 Å². The molecule has 0 radical (unpaired) electrons. The third-order valence-corrected chi connectivity index (χ3v) is 7.53. The van der Waals surface area contributed by atoms with Gasteiger partial charge in [0, 0.05) is 14.7 Å². The van der Waals surface area contributed by atoms with Crippen molar-refractivity contribution in [2.75, 3.05) is 20.3 Å². The van der Waals surface area contributed by atoms with Crippen LogP contribution in [0.2, 0.25) is 0 Å². The van der Waals surface area contributed by atoms with E-state index in [1.807, 2.05) is 50.2 Å². The molecule has 4 rings (SSSR count). The van der Waals surface area contributed by atoms with Gasteiger partial charge in [0.2, 0.25) is 0 Å². The number of nitriles is 1. The molecule has 0 saturated carbocycles. The highest BCUT2D eigenvalue weighted by atomic mass is 127. The van der Waals surface area contributed by atoms with Crippen molar-refractivity contribution < 1.29 is 23.7 Å². The van der Waals surface area contributed by atoms with Crippen LogP contribution in [-0.4, -0.2) is 37.0 Å². The first-order valence-electron chi connectivity index (χ1n) is 12.5. The SMILES string of the molecule is CCOC(=O)C1=C(C)N=c2s/c(=C\c3cc(I)cc(OC)c3OCC#N)c(=O)n2[C@H]1c1ccccc1OC(C)C. The molecular formula is C29H28IN3O6S. The molecule has 0 fully saturated rings. The lowest BCUT2D eigenvalue weighted by Crippen LogP contribution is -2.40. The molecule has 0 N–H and O–H groups in total. The highest BCUT2D eigenvalue weighted by Crippen LogP contribution is 2.37. The maximum absolute atomic E-state index is 14.1. The summed E-state index contributed by atoms with van der Waals surface area (Å²) in [6, 6.07) is 12.1. The van der Waals surface area contributed by atoms with Crippen LogP contribution in [0.5, 0.6) is 17.2 Å². The van der Waals surface area contributed by atoms with Crippen LogP contribution >= 0.6 is 33.9 Å². The molecule has 1 aromatic heterocycles. The molecule has 0 amide bonds. The van der Waals surface area contributed by atoms with Crippen molar-refractivity contribution in [2.45, 2.75) is 39.8 Å². The summed E-state index contributed by atoms with van der Waals surface area (Å²) in [5, 5.41) is 9.08. The molecule has 0 aliphatic carbocycles. The average molecular weight is 674 g/mol. The van der Waals surface area contributed by atoms with E-state index in [4.69, 9.17) is 24.2 Å². The predicted molar refractivity (Wildman–Crippen MR) is 159 cm³/mol. The number of methoxy groups -OCH3 is 1. The van der Waals surface area contributed by atoms with E-state index in [9.17, 15) is 9.59 Å². The first-order chi connectivity index (χ1) is 19.2. The molecular weight excluding hydrogens is 645 g/mol. The van der Waals surface area contributed by atoms with Crippen LogP contribution in [0.1, 0.15) is 44.9 Å². The van der Waals surface area contributed by atoms with Crippen LogP contribution < -0.4 is 29.1 Å². The third kappa shape index (κ3) is 5.93. The molecule has 2 aromatic carbocycles. The summed E-state index contributed by atoms with van der Waals surface area (Å²) in [5.74, 6) is 0.810. The van der Waals surface area contributed by atoms with Crippen molar-refractivity contribution in [3.63, 3.8) is 0 Å². The molecule has 3 aromatic rings. The van der Waals surface area contributed by atoms with E-state index in [0.29, 0.717) is 43.4 Å². The van der Waals surface area contributed by atoms with Crippen molar-refractivity contribution in [1.82, 2.24) is 4.57 Å². The minimum absolute atomic E-state index is 0.129. The second kappa shape index (κ2) is 12.7. The number of hydrogen-bond acceptors (Lipinski definition) is 9. The summed E-state index contributed by atoms with van der Waals surface area (Å²) < 4.78 is 25.4. The maximum Gasteiger partial charge on any atom is 0.338 e. The van der Waals surface area contributed by atoms with E-state index >= 15 is 0 Å². The lowest BCUT2D eigenvalue weighted by atomic mass is 9.95. The smallest absolute Gasteiger partial charge is 0.338 e. The van der Waals surface area contributed by atoms with E-state index in [1.165, 1.54) is 23.0 Å². The molecule has 0 saturated heterocycles. The van der Waals surface area contributed by atoms with Crippen molar-refractivity contribution in [1.29, 1.82) is 5.26 Å². The molecule has 1 atom stereocenters. The lowest BCUT2D eigenvalue weighted by Gasteiger charge is -2.26. The van der Waals surface area contributed by atoms with Gasteiger partial charge >= 0.3 is 5.97 Å². The second-order valence-electron chi connectivity index (χ2n) is 8.98. The lowest BCUT2D eigenvalue weighted by molar-refractivity contribution is -0.139. The number of para-hydroxylation sites is 1. The number of halogens is 1. The number of thiazole rings is 1. The molecule has 9 nitrogen and oxygen atoms in total. The molecule has 0 spiro atoms. The Balaban J connectivity index is 2.00. The maximum atomic E-state index is 14.1. The van der Waals surface area contributed by atoms with Gasteiger partial charge in [0.15, 0.2) is 22.9 Å². The standard InChI is InChI=1S/C29H28IN3O6S/c1-6-37-28(35)24-17(4)32-29-33(25(24)20-9-7-8-10-21(20)39-16(2)3)27(34)23(40-29)14-18-13-19(30)15-22(36-5)26(18)38-12-11-31/h7-10,13-16,25H,6,12H2,1-5H3/b23-14-/t25-/m0/s1. The average Bonchev–Trinajstić information content (AvgIpc) is 3.21. The number of benzene rings is 2. The summed E-state index contributed by atoms with van der Waals surface area (Å²) >= 11 is 3.35. The topological polar surface area (TPSA) is 112 Å². The van der Waals surface area contributed by atoms with Gasteiger partial charge in [0.05, 0.1) is 35.6 Å². The zero-order valence-corrected chi connectivity index (χ0v) is 25.7. The number of nitrogens with zero attached hydrogens (tertiary/aromatic N) is 3. The van der Waals surface area contributed by atoms with E-state index in [-0.39, 0.29) is 30.5 Å². The van der Waals surface area contributed by atoms with Gasteiger partial charge in [0.25, 0.3) is 5.56 Å². The Bertz CT molecular complexity index is 1700. The monoisotopic (exact) mass is 673 g/mol. The Kier molecular flexibility index (Phi) is 9.32. The molecule has 208 valence electrons. The van der Waals surface area contributed by atoms with Gasteiger partial charge in [-0.25, -0.2) is 9.79 Å². The summed E-state index contributed by atoms with van der Waals surface area (Å²) in [5.41, 5.74) is 1.62. The Labute approximate surface area is 249 Å². The first-order valence-corrected chi connectivity index (χ1v) is 14.4. The number of carbonyl (C=O) groups is 1. The van der Waals surface area contributed by atoms with Gasteiger partial charge in [-0.15, -0.1) is 0 Å². The number of fused-ring (bicyclic) bond motifs is 1. The minimum atomic E-state index is -0.813. The van der Waals surface area contributed by atoms with Gasteiger partial charge in [-0.05, 0) is 74.6 Å². The zero-order valence-electron chi connectivity index (χ0n) is 22.7. The first kappa shape index (κ1) is 29.4. The van der Waals surface area contributed by atoms with Crippen LogP contribution in [0.25, 0.3) is 6.08 Å². The van der Waals surface area contributed by atoms with Crippen molar-refractivity contribution >= 4 is 46.0 Å². The van der Waals surface area contributed by atoms with Gasteiger partial charge < -0.3 is 18.9 Å². The summed E-state index contributed by atoms with van der Waals surface area (Å²) in [6.07, 6.45) is 1.56. The summed E-state index contributed by atoms with van der Waals surface area (Å²) in [7, 11) is 1.51. The number of allylic oxidation sites excluding steroid dienone is 1. The van der Waals surface area contributed by atoms with Gasteiger partial charge in [-0.1, -0.05) is 29.5 Å². The van der Waals surface area contributed by atoms with Crippen LogP contribution in [0.15, 0.2) is 57.5 Å². The largest absolute Gasteiger partial charge is 0.493 e. The second-order valence-corrected chi connectivity index (χ2v) is 11.2.